The number of carbonyl (C=O) groups excluding carboxylic acids is 2. The van der Waals surface area contributed by atoms with E-state index in [1.165, 1.54) is 21.6 Å². The number of amides is 2. The van der Waals surface area contributed by atoms with E-state index in [0.717, 1.165) is 0 Å². The van der Waals surface area contributed by atoms with E-state index in [1.807, 2.05) is 6.92 Å². The summed E-state index contributed by atoms with van der Waals surface area (Å²) < 4.78 is 0. The SMILES string of the molecule is CC1CCN(C(=O)CN2CSCC2=O)C1C(=O)O. The van der Waals surface area contributed by atoms with Gasteiger partial charge in [0.05, 0.1) is 11.6 Å². The number of thioether (sulfide) groups is 1. The summed E-state index contributed by atoms with van der Waals surface area (Å²) in [5, 5.41) is 9.14. The van der Waals surface area contributed by atoms with Crippen molar-refractivity contribution < 1.29 is 19.5 Å². The van der Waals surface area contributed by atoms with Gasteiger partial charge in [-0.25, -0.2) is 4.79 Å². The molecule has 2 amide bonds. The molecule has 2 saturated heterocycles. The summed E-state index contributed by atoms with van der Waals surface area (Å²) >= 11 is 1.47. The second kappa shape index (κ2) is 5.17. The van der Waals surface area contributed by atoms with Crippen molar-refractivity contribution in [2.24, 2.45) is 5.92 Å². The van der Waals surface area contributed by atoms with Crippen molar-refractivity contribution in [2.45, 2.75) is 19.4 Å². The van der Waals surface area contributed by atoms with E-state index in [-0.39, 0.29) is 24.3 Å². The molecule has 2 aliphatic heterocycles. The van der Waals surface area contributed by atoms with Gasteiger partial charge in [-0.1, -0.05) is 6.92 Å². The van der Waals surface area contributed by atoms with Crippen molar-refractivity contribution in [1.82, 2.24) is 9.80 Å². The molecule has 7 heteroatoms. The third-order valence-electron chi connectivity index (χ3n) is 3.42. The predicted molar refractivity (Wildman–Crippen MR) is 66.0 cm³/mol. The number of hydrogen-bond donors (Lipinski definition) is 1. The topological polar surface area (TPSA) is 77.9 Å². The second-order valence-corrected chi connectivity index (χ2v) is 5.66. The molecule has 2 unspecified atom stereocenters. The zero-order valence-corrected chi connectivity index (χ0v) is 11.0. The third-order valence-corrected chi connectivity index (χ3v) is 4.37. The zero-order chi connectivity index (χ0) is 13.3. The van der Waals surface area contributed by atoms with E-state index < -0.39 is 12.0 Å². The summed E-state index contributed by atoms with van der Waals surface area (Å²) in [6.45, 7) is 2.30. The molecule has 2 atom stereocenters. The van der Waals surface area contributed by atoms with Crippen LogP contribution in [-0.2, 0) is 14.4 Å². The molecule has 0 bridgehead atoms. The van der Waals surface area contributed by atoms with Gasteiger partial charge < -0.3 is 14.9 Å². The fraction of sp³-hybridized carbons (Fsp3) is 0.727. The Morgan fingerprint density at radius 2 is 2.22 bits per heavy atom. The summed E-state index contributed by atoms with van der Waals surface area (Å²) in [5.74, 6) is -0.377. The first-order chi connectivity index (χ1) is 8.50. The van der Waals surface area contributed by atoms with Crippen molar-refractivity contribution in [3.05, 3.63) is 0 Å². The van der Waals surface area contributed by atoms with Crippen molar-refractivity contribution in [3.63, 3.8) is 0 Å². The minimum atomic E-state index is -0.963. The Labute approximate surface area is 109 Å². The van der Waals surface area contributed by atoms with Crippen LogP contribution in [-0.4, -0.2) is 63.5 Å². The minimum absolute atomic E-state index is 0.00231. The minimum Gasteiger partial charge on any atom is -0.480 e. The molecule has 1 N–H and O–H groups in total. The fourth-order valence-electron chi connectivity index (χ4n) is 2.40. The van der Waals surface area contributed by atoms with Crippen LogP contribution in [0.2, 0.25) is 0 Å². The summed E-state index contributed by atoms with van der Waals surface area (Å²) in [5.41, 5.74) is 0. The van der Waals surface area contributed by atoms with E-state index >= 15 is 0 Å². The maximum Gasteiger partial charge on any atom is 0.326 e. The average Bonchev–Trinajstić information content (AvgIpc) is 2.86. The zero-order valence-electron chi connectivity index (χ0n) is 10.2. The first-order valence-corrected chi connectivity index (χ1v) is 7.04. The van der Waals surface area contributed by atoms with Crippen LogP contribution in [0.15, 0.2) is 0 Å². The highest BCUT2D eigenvalue weighted by Crippen LogP contribution is 2.25. The van der Waals surface area contributed by atoms with Crippen LogP contribution in [0.5, 0.6) is 0 Å². The second-order valence-electron chi connectivity index (χ2n) is 4.71. The number of carboxylic acids is 1. The van der Waals surface area contributed by atoms with Gasteiger partial charge in [0.25, 0.3) is 0 Å². The smallest absolute Gasteiger partial charge is 0.326 e. The lowest BCUT2D eigenvalue weighted by Gasteiger charge is -2.25. The molecule has 18 heavy (non-hydrogen) atoms. The van der Waals surface area contributed by atoms with Gasteiger partial charge in [0.1, 0.15) is 12.6 Å². The maximum absolute atomic E-state index is 12.1. The van der Waals surface area contributed by atoms with Gasteiger partial charge in [-0.05, 0) is 12.3 Å². The number of carboxylic acid groups (broad SMARTS) is 1. The van der Waals surface area contributed by atoms with Crippen LogP contribution in [0, 0.1) is 5.92 Å². The van der Waals surface area contributed by atoms with Gasteiger partial charge in [-0.3, -0.25) is 9.59 Å². The Kier molecular flexibility index (Phi) is 3.79. The van der Waals surface area contributed by atoms with Gasteiger partial charge in [-0.2, -0.15) is 0 Å². The molecule has 2 rings (SSSR count). The van der Waals surface area contributed by atoms with E-state index in [0.29, 0.717) is 24.6 Å². The molecule has 2 fully saturated rings. The first kappa shape index (κ1) is 13.2. The molecule has 6 nitrogen and oxygen atoms in total. The van der Waals surface area contributed by atoms with Gasteiger partial charge in [0.2, 0.25) is 11.8 Å². The maximum atomic E-state index is 12.1. The summed E-state index contributed by atoms with van der Waals surface area (Å²) in [6.07, 6.45) is 0.700. The van der Waals surface area contributed by atoms with E-state index in [4.69, 9.17) is 5.11 Å². The number of rotatable bonds is 3. The highest BCUT2D eigenvalue weighted by atomic mass is 32.2. The lowest BCUT2D eigenvalue weighted by atomic mass is 10.0. The number of hydrogen-bond acceptors (Lipinski definition) is 4. The summed E-state index contributed by atoms with van der Waals surface area (Å²) in [4.78, 5) is 37.5. The molecule has 0 saturated carbocycles. The molecule has 0 aromatic heterocycles. The van der Waals surface area contributed by atoms with E-state index in [2.05, 4.69) is 0 Å². The Morgan fingerprint density at radius 3 is 2.78 bits per heavy atom. The van der Waals surface area contributed by atoms with Gasteiger partial charge in [0, 0.05) is 6.54 Å². The Hall–Kier alpha value is -1.24. The molecule has 0 spiro atoms. The summed E-state index contributed by atoms with van der Waals surface area (Å²) in [7, 11) is 0. The number of likely N-dealkylation sites (tertiary alicyclic amines) is 1. The normalized spacial score (nSPS) is 27.9. The van der Waals surface area contributed by atoms with Crippen LogP contribution >= 0.6 is 11.8 Å². The number of carbonyl (C=O) groups is 3. The highest BCUT2D eigenvalue weighted by molar-refractivity contribution is 8.00. The number of nitrogens with zero attached hydrogens (tertiary/aromatic N) is 2. The number of aliphatic carboxylic acids is 1. The van der Waals surface area contributed by atoms with Crippen molar-refractivity contribution in [3.8, 4) is 0 Å². The quantitative estimate of drug-likeness (QED) is 0.772. The molecular weight excluding hydrogens is 256 g/mol. The predicted octanol–water partition coefficient (Wildman–Crippen LogP) is -0.159. The summed E-state index contributed by atoms with van der Waals surface area (Å²) in [6, 6.07) is -0.747. The average molecular weight is 272 g/mol. The molecule has 0 aliphatic carbocycles. The monoisotopic (exact) mass is 272 g/mol. The van der Waals surface area contributed by atoms with Crippen LogP contribution in [0.4, 0.5) is 0 Å². The molecular formula is C11H16N2O4S. The molecule has 0 radical (unpaired) electrons. The molecule has 0 aromatic carbocycles. The molecule has 2 aliphatic rings. The van der Waals surface area contributed by atoms with E-state index in [1.54, 1.807) is 0 Å². The van der Waals surface area contributed by atoms with Crippen LogP contribution < -0.4 is 0 Å². The molecule has 0 aromatic rings. The molecule has 2 heterocycles. The van der Waals surface area contributed by atoms with Gasteiger partial charge in [-0.15, -0.1) is 11.8 Å². The van der Waals surface area contributed by atoms with Crippen LogP contribution in [0.25, 0.3) is 0 Å². The van der Waals surface area contributed by atoms with E-state index in [9.17, 15) is 14.4 Å². The highest BCUT2D eigenvalue weighted by Gasteiger charge is 2.40. The van der Waals surface area contributed by atoms with Crippen molar-refractivity contribution in [1.29, 1.82) is 0 Å². The van der Waals surface area contributed by atoms with Crippen LogP contribution in [0.3, 0.4) is 0 Å². The Bertz CT molecular complexity index is 387. The Balaban J connectivity index is 2.00. The lowest BCUT2D eigenvalue weighted by molar-refractivity contribution is -0.150. The largest absolute Gasteiger partial charge is 0.480 e. The van der Waals surface area contributed by atoms with Gasteiger partial charge >= 0.3 is 5.97 Å². The van der Waals surface area contributed by atoms with Crippen molar-refractivity contribution in [2.75, 3.05) is 24.7 Å². The standard InChI is InChI=1S/C11H16N2O4S/c1-7-2-3-13(10(7)11(16)17)8(14)4-12-6-18-5-9(12)15/h7,10H,2-6H2,1H3,(H,16,17). The van der Waals surface area contributed by atoms with Crippen molar-refractivity contribution >= 4 is 29.5 Å². The lowest BCUT2D eigenvalue weighted by Crippen LogP contribution is -2.47. The first-order valence-electron chi connectivity index (χ1n) is 5.88. The molecule has 100 valence electrons. The third kappa shape index (κ3) is 2.45. The van der Waals surface area contributed by atoms with Gasteiger partial charge in [0.15, 0.2) is 0 Å². The fourth-order valence-corrected chi connectivity index (χ4v) is 3.30. The van der Waals surface area contributed by atoms with Crippen LogP contribution in [0.1, 0.15) is 13.3 Å². The Morgan fingerprint density at radius 1 is 1.50 bits per heavy atom.